The van der Waals surface area contributed by atoms with Crippen LogP contribution < -0.4 is 9.04 Å². The van der Waals surface area contributed by atoms with E-state index in [1.165, 1.54) is 42.5 Å². The number of ether oxygens (including phenoxy) is 1. The average Bonchev–Trinajstić information content (AvgIpc) is 3.27. The molecule has 38 heavy (non-hydrogen) atoms. The predicted octanol–water partition coefficient (Wildman–Crippen LogP) is 5.44. The van der Waals surface area contributed by atoms with Crippen molar-refractivity contribution in [2.45, 2.75) is 36.9 Å². The van der Waals surface area contributed by atoms with Gasteiger partial charge in [-0.1, -0.05) is 35.0 Å². The molecule has 3 heterocycles. The van der Waals surface area contributed by atoms with E-state index in [4.69, 9.17) is 16.3 Å². The molecule has 0 saturated heterocycles. The van der Waals surface area contributed by atoms with Gasteiger partial charge < -0.3 is 9.57 Å². The zero-order valence-electron chi connectivity index (χ0n) is 19.9. The second kappa shape index (κ2) is 8.98. The molecule has 198 valence electrons. The molecule has 0 fully saturated rings. The highest BCUT2D eigenvalue weighted by atomic mass is 35.5. The molecule has 0 atom stereocenters. The number of sulfonamides is 1. The van der Waals surface area contributed by atoms with Gasteiger partial charge in [0, 0.05) is 11.1 Å². The van der Waals surface area contributed by atoms with Crippen LogP contribution in [0.25, 0.3) is 11.3 Å². The Morgan fingerprint density at radius 2 is 1.76 bits per heavy atom. The quantitative estimate of drug-likeness (QED) is 0.391. The van der Waals surface area contributed by atoms with E-state index in [0.717, 1.165) is 16.4 Å². The van der Waals surface area contributed by atoms with Gasteiger partial charge in [-0.25, -0.2) is 18.2 Å². The molecule has 3 aromatic rings. The van der Waals surface area contributed by atoms with Crippen molar-refractivity contribution in [2.24, 2.45) is 5.16 Å². The third-order valence-electron chi connectivity index (χ3n) is 5.92. The van der Waals surface area contributed by atoms with Crippen LogP contribution in [0.5, 0.6) is 5.88 Å². The first-order valence-electron chi connectivity index (χ1n) is 11.2. The molecule has 8 nitrogen and oxygen atoms in total. The number of carbonyl (C=O) groups excluding carboxylic acids is 1. The van der Waals surface area contributed by atoms with Crippen molar-refractivity contribution in [3.63, 3.8) is 0 Å². The molecule has 0 N–H and O–H groups in total. The Kier molecular flexibility index (Phi) is 6.14. The van der Waals surface area contributed by atoms with Gasteiger partial charge in [0.25, 0.3) is 10.0 Å². The summed E-state index contributed by atoms with van der Waals surface area (Å²) in [6.07, 6.45) is -4.55. The fraction of sp³-hybridized carbons (Fsp3) is 0.240. The summed E-state index contributed by atoms with van der Waals surface area (Å²) in [6, 6.07) is 11.6. The van der Waals surface area contributed by atoms with Gasteiger partial charge in [-0.05, 0) is 50.2 Å². The van der Waals surface area contributed by atoms with E-state index in [0.29, 0.717) is 22.5 Å². The van der Waals surface area contributed by atoms with Crippen LogP contribution in [0.15, 0.2) is 64.6 Å². The Bertz CT molecular complexity index is 1590. The van der Waals surface area contributed by atoms with Crippen LogP contribution in [0.1, 0.15) is 31.4 Å². The van der Waals surface area contributed by atoms with Crippen molar-refractivity contribution < 1.29 is 36.0 Å². The summed E-state index contributed by atoms with van der Waals surface area (Å²) in [4.78, 5) is 20.3. The van der Waals surface area contributed by atoms with E-state index in [9.17, 15) is 26.4 Å². The molecule has 0 unspecified atom stereocenters. The van der Waals surface area contributed by atoms with Crippen LogP contribution in [0.3, 0.4) is 0 Å². The van der Waals surface area contributed by atoms with Gasteiger partial charge in [0.1, 0.15) is 17.0 Å². The largest absolute Gasteiger partial charge is 0.468 e. The minimum absolute atomic E-state index is 0.0147. The first-order valence-corrected chi connectivity index (χ1v) is 13.0. The SMILES string of the molecule is CC1(C)CN(S(=O)(=O)c2ccc(C3=NOC(=O)C3)c(Cl)c2)c2ccc(-c3ccc(C(F)(F)F)cc3)nc2O1. The van der Waals surface area contributed by atoms with Crippen molar-refractivity contribution in [2.75, 3.05) is 10.8 Å². The number of alkyl halides is 3. The summed E-state index contributed by atoms with van der Waals surface area (Å²) < 4.78 is 73.4. The smallest absolute Gasteiger partial charge is 0.416 e. The molecule has 0 bridgehead atoms. The van der Waals surface area contributed by atoms with Crippen molar-refractivity contribution in [1.82, 2.24) is 4.98 Å². The lowest BCUT2D eigenvalue weighted by Crippen LogP contribution is -2.49. The van der Waals surface area contributed by atoms with E-state index in [2.05, 4.69) is 15.0 Å². The number of aromatic nitrogens is 1. The number of oxime groups is 1. The Morgan fingerprint density at radius 3 is 2.37 bits per heavy atom. The lowest BCUT2D eigenvalue weighted by molar-refractivity contribution is -0.140. The maximum absolute atomic E-state index is 13.7. The van der Waals surface area contributed by atoms with E-state index in [1.807, 2.05) is 0 Å². The first kappa shape index (κ1) is 26.0. The standard InChI is InChI=1S/C25H19ClF3N3O5S/c1-24(2)13-32(38(34,35)16-7-8-17(18(26)11-16)20-12-22(33)37-31-20)21-10-9-19(30-23(21)36-24)14-3-5-15(6-4-14)25(27,28)29/h3-11H,12-13H2,1-2H3. The van der Waals surface area contributed by atoms with Crippen LogP contribution in [0.4, 0.5) is 18.9 Å². The zero-order valence-corrected chi connectivity index (χ0v) is 21.5. The van der Waals surface area contributed by atoms with Gasteiger partial charge in [0.05, 0.1) is 34.1 Å². The van der Waals surface area contributed by atoms with Crippen molar-refractivity contribution >= 4 is 39.0 Å². The minimum Gasteiger partial charge on any atom is -0.468 e. The summed E-state index contributed by atoms with van der Waals surface area (Å²) in [5, 5.41) is 3.75. The second-order valence-corrected chi connectivity index (χ2v) is 11.6. The van der Waals surface area contributed by atoms with Crippen LogP contribution in [0.2, 0.25) is 5.02 Å². The molecule has 2 aromatic carbocycles. The highest BCUT2D eigenvalue weighted by molar-refractivity contribution is 7.92. The van der Waals surface area contributed by atoms with Gasteiger partial charge in [-0.15, -0.1) is 0 Å². The topological polar surface area (TPSA) is 98.2 Å². The highest BCUT2D eigenvalue weighted by Crippen LogP contribution is 2.41. The van der Waals surface area contributed by atoms with Gasteiger partial charge in [0.2, 0.25) is 5.88 Å². The van der Waals surface area contributed by atoms with Gasteiger partial charge in [-0.2, -0.15) is 13.2 Å². The fourth-order valence-corrected chi connectivity index (χ4v) is 6.09. The van der Waals surface area contributed by atoms with E-state index >= 15 is 0 Å². The van der Waals surface area contributed by atoms with Crippen molar-refractivity contribution in [3.05, 3.63) is 70.7 Å². The Morgan fingerprint density at radius 1 is 1.05 bits per heavy atom. The molecule has 13 heteroatoms. The first-order chi connectivity index (χ1) is 17.7. The summed E-state index contributed by atoms with van der Waals surface area (Å²) >= 11 is 6.35. The Labute approximate surface area is 220 Å². The van der Waals surface area contributed by atoms with Crippen LogP contribution in [-0.2, 0) is 25.8 Å². The highest BCUT2D eigenvalue weighted by Gasteiger charge is 2.40. The number of halogens is 4. The maximum Gasteiger partial charge on any atom is 0.416 e. The lowest BCUT2D eigenvalue weighted by atomic mass is 10.1. The number of hydrogen-bond donors (Lipinski definition) is 0. The molecule has 0 amide bonds. The normalized spacial score (nSPS) is 16.9. The zero-order chi connectivity index (χ0) is 27.5. The molecule has 0 saturated carbocycles. The summed E-state index contributed by atoms with van der Waals surface area (Å²) in [5.74, 6) is -0.524. The maximum atomic E-state index is 13.7. The van der Waals surface area contributed by atoms with Crippen molar-refractivity contribution in [3.8, 4) is 17.1 Å². The number of hydrogen-bond acceptors (Lipinski definition) is 7. The molecular formula is C25H19ClF3N3O5S. The Balaban J connectivity index is 1.51. The number of pyridine rings is 1. The number of benzene rings is 2. The third kappa shape index (κ3) is 4.81. The molecule has 2 aliphatic heterocycles. The number of nitrogens with zero attached hydrogens (tertiary/aromatic N) is 3. The second-order valence-electron chi connectivity index (χ2n) is 9.29. The lowest BCUT2D eigenvalue weighted by Gasteiger charge is -2.39. The summed E-state index contributed by atoms with van der Waals surface area (Å²) in [6.45, 7) is 3.34. The molecule has 1 aromatic heterocycles. The number of anilines is 1. The van der Waals surface area contributed by atoms with Gasteiger partial charge >= 0.3 is 12.1 Å². The van der Waals surface area contributed by atoms with Crippen LogP contribution in [-0.4, -0.2) is 37.2 Å². The van der Waals surface area contributed by atoms with E-state index in [1.54, 1.807) is 13.8 Å². The van der Waals surface area contributed by atoms with E-state index < -0.39 is 33.3 Å². The van der Waals surface area contributed by atoms with Crippen molar-refractivity contribution in [1.29, 1.82) is 0 Å². The molecule has 2 aliphatic rings. The molecule has 0 radical (unpaired) electrons. The van der Waals surface area contributed by atoms with Crippen LogP contribution in [0, 0.1) is 0 Å². The van der Waals surface area contributed by atoms with Gasteiger partial charge in [-0.3, -0.25) is 4.31 Å². The van der Waals surface area contributed by atoms with E-state index in [-0.39, 0.29) is 34.5 Å². The minimum atomic E-state index is -4.47. The number of fused-ring (bicyclic) bond motifs is 1. The number of carbonyl (C=O) groups is 1. The molecule has 5 rings (SSSR count). The molecule has 0 spiro atoms. The molecule has 0 aliphatic carbocycles. The molecular weight excluding hydrogens is 547 g/mol. The Hall–Kier alpha value is -3.64. The summed E-state index contributed by atoms with van der Waals surface area (Å²) in [5.41, 5.74) is -0.219. The third-order valence-corrected chi connectivity index (χ3v) is 7.99. The summed E-state index contributed by atoms with van der Waals surface area (Å²) in [7, 11) is -4.15. The average molecular weight is 566 g/mol. The van der Waals surface area contributed by atoms with Gasteiger partial charge in [0.15, 0.2) is 0 Å². The monoisotopic (exact) mass is 565 g/mol. The number of rotatable bonds is 4. The fourth-order valence-electron chi connectivity index (χ4n) is 4.10. The predicted molar refractivity (Wildman–Crippen MR) is 133 cm³/mol. The van der Waals surface area contributed by atoms with Crippen LogP contribution >= 0.6 is 11.6 Å².